The molecule has 0 bridgehead atoms. The highest BCUT2D eigenvalue weighted by molar-refractivity contribution is 5.91. The van der Waals surface area contributed by atoms with E-state index in [2.05, 4.69) is 0 Å². The van der Waals surface area contributed by atoms with Crippen molar-refractivity contribution in [3.63, 3.8) is 0 Å². The van der Waals surface area contributed by atoms with Gasteiger partial charge in [-0.3, -0.25) is 4.79 Å². The van der Waals surface area contributed by atoms with Crippen LogP contribution >= 0.6 is 0 Å². The summed E-state index contributed by atoms with van der Waals surface area (Å²) in [6.07, 6.45) is 1.11. The second-order valence-corrected chi connectivity index (χ2v) is 3.25. The van der Waals surface area contributed by atoms with Gasteiger partial charge in [-0.1, -0.05) is 6.92 Å². The largest absolute Gasteiger partial charge is 0.456 e. The molecule has 0 radical (unpaired) electrons. The Morgan fingerprint density at radius 2 is 2.33 bits per heavy atom. The van der Waals surface area contributed by atoms with E-state index in [1.807, 2.05) is 13.0 Å². The summed E-state index contributed by atoms with van der Waals surface area (Å²) in [5.41, 5.74) is 0. The molecule has 0 atom stereocenters. The standard InChI is InChI=1S/C11H14N2O2/c1-3-9-5-6-10(15-9)11(14)13(2)8-4-7-12/h5-6H,3-4,8H2,1-2H3. The quantitative estimate of drug-likeness (QED) is 0.755. The average Bonchev–Trinajstić information content (AvgIpc) is 2.73. The van der Waals surface area contributed by atoms with Gasteiger partial charge in [0, 0.05) is 20.0 Å². The van der Waals surface area contributed by atoms with Crippen LogP contribution in [-0.2, 0) is 6.42 Å². The van der Waals surface area contributed by atoms with E-state index in [0.717, 1.165) is 12.2 Å². The lowest BCUT2D eigenvalue weighted by atomic mass is 10.3. The van der Waals surface area contributed by atoms with E-state index in [4.69, 9.17) is 9.68 Å². The van der Waals surface area contributed by atoms with Gasteiger partial charge < -0.3 is 9.32 Å². The van der Waals surface area contributed by atoms with Crippen LogP contribution in [0.25, 0.3) is 0 Å². The number of carbonyl (C=O) groups is 1. The van der Waals surface area contributed by atoms with Crippen molar-refractivity contribution in [2.75, 3.05) is 13.6 Å². The SMILES string of the molecule is CCc1ccc(C(=O)N(C)CCC#N)o1. The van der Waals surface area contributed by atoms with Crippen LogP contribution in [0.15, 0.2) is 16.5 Å². The molecule has 1 rings (SSSR count). The van der Waals surface area contributed by atoms with Crippen LogP contribution in [0.2, 0.25) is 0 Å². The highest BCUT2D eigenvalue weighted by Gasteiger charge is 2.14. The lowest BCUT2D eigenvalue weighted by Gasteiger charge is -2.13. The predicted octanol–water partition coefficient (Wildman–Crippen LogP) is 1.83. The fourth-order valence-electron chi connectivity index (χ4n) is 1.19. The van der Waals surface area contributed by atoms with Gasteiger partial charge >= 0.3 is 0 Å². The number of carbonyl (C=O) groups excluding carboxylic acids is 1. The van der Waals surface area contributed by atoms with E-state index in [1.165, 1.54) is 4.90 Å². The van der Waals surface area contributed by atoms with Gasteiger partial charge in [-0.15, -0.1) is 0 Å². The first-order valence-electron chi connectivity index (χ1n) is 4.90. The lowest BCUT2D eigenvalue weighted by molar-refractivity contribution is 0.0765. The molecule has 1 aromatic heterocycles. The van der Waals surface area contributed by atoms with Crippen molar-refractivity contribution in [2.45, 2.75) is 19.8 Å². The number of furan rings is 1. The molecule has 0 aliphatic carbocycles. The first-order chi connectivity index (χ1) is 7.19. The predicted molar refractivity (Wildman–Crippen MR) is 55.3 cm³/mol. The molecule has 1 heterocycles. The highest BCUT2D eigenvalue weighted by Crippen LogP contribution is 2.10. The van der Waals surface area contributed by atoms with Gasteiger partial charge in [0.1, 0.15) is 5.76 Å². The van der Waals surface area contributed by atoms with Crippen molar-refractivity contribution < 1.29 is 9.21 Å². The normalized spacial score (nSPS) is 9.67. The zero-order chi connectivity index (χ0) is 11.3. The summed E-state index contributed by atoms with van der Waals surface area (Å²) >= 11 is 0. The number of nitrogens with zero attached hydrogens (tertiary/aromatic N) is 2. The van der Waals surface area contributed by atoms with Crippen LogP contribution in [0.4, 0.5) is 0 Å². The molecular weight excluding hydrogens is 192 g/mol. The molecule has 1 amide bonds. The number of nitriles is 1. The smallest absolute Gasteiger partial charge is 0.289 e. The van der Waals surface area contributed by atoms with Crippen molar-refractivity contribution in [3.05, 3.63) is 23.7 Å². The van der Waals surface area contributed by atoms with Crippen molar-refractivity contribution in [2.24, 2.45) is 0 Å². The van der Waals surface area contributed by atoms with Crippen LogP contribution in [0, 0.1) is 11.3 Å². The number of aryl methyl sites for hydroxylation is 1. The third-order valence-electron chi connectivity index (χ3n) is 2.13. The summed E-state index contributed by atoms with van der Waals surface area (Å²) < 4.78 is 5.32. The Kier molecular flexibility index (Phi) is 3.92. The molecule has 0 saturated heterocycles. The molecule has 0 aliphatic heterocycles. The Labute approximate surface area is 89.1 Å². The van der Waals surface area contributed by atoms with Crippen LogP contribution in [0.1, 0.15) is 29.7 Å². The van der Waals surface area contributed by atoms with E-state index in [1.54, 1.807) is 19.2 Å². The van der Waals surface area contributed by atoms with Crippen molar-refractivity contribution in [3.8, 4) is 6.07 Å². The van der Waals surface area contributed by atoms with E-state index < -0.39 is 0 Å². The van der Waals surface area contributed by atoms with Gasteiger partial charge in [0.2, 0.25) is 0 Å². The molecule has 15 heavy (non-hydrogen) atoms. The molecule has 0 saturated carbocycles. The van der Waals surface area contributed by atoms with Gasteiger partial charge in [-0.05, 0) is 12.1 Å². The Balaban J connectivity index is 2.64. The van der Waals surface area contributed by atoms with Gasteiger partial charge in [-0.2, -0.15) is 5.26 Å². The highest BCUT2D eigenvalue weighted by atomic mass is 16.4. The molecule has 80 valence electrons. The van der Waals surface area contributed by atoms with E-state index in [9.17, 15) is 4.79 Å². The van der Waals surface area contributed by atoms with E-state index in [-0.39, 0.29) is 5.91 Å². The minimum atomic E-state index is -0.176. The van der Waals surface area contributed by atoms with Crippen LogP contribution in [-0.4, -0.2) is 24.4 Å². The van der Waals surface area contributed by atoms with Gasteiger partial charge in [0.15, 0.2) is 5.76 Å². The topological polar surface area (TPSA) is 57.2 Å². The average molecular weight is 206 g/mol. The molecule has 0 aliphatic rings. The zero-order valence-electron chi connectivity index (χ0n) is 8.99. The Hall–Kier alpha value is -1.76. The molecule has 0 spiro atoms. The van der Waals surface area contributed by atoms with E-state index in [0.29, 0.717) is 18.7 Å². The Bertz CT molecular complexity index is 376. The monoisotopic (exact) mass is 206 g/mol. The summed E-state index contributed by atoms with van der Waals surface area (Å²) in [6.45, 7) is 2.39. The van der Waals surface area contributed by atoms with Crippen LogP contribution < -0.4 is 0 Å². The second-order valence-electron chi connectivity index (χ2n) is 3.25. The maximum absolute atomic E-state index is 11.7. The zero-order valence-corrected chi connectivity index (χ0v) is 8.99. The molecule has 0 aromatic carbocycles. The van der Waals surface area contributed by atoms with Crippen molar-refractivity contribution in [1.29, 1.82) is 5.26 Å². The van der Waals surface area contributed by atoms with Crippen molar-refractivity contribution >= 4 is 5.91 Å². The summed E-state index contributed by atoms with van der Waals surface area (Å²) in [6, 6.07) is 5.46. The first-order valence-corrected chi connectivity index (χ1v) is 4.90. The summed E-state index contributed by atoms with van der Waals surface area (Å²) in [5.74, 6) is 0.962. The van der Waals surface area contributed by atoms with E-state index >= 15 is 0 Å². The number of amides is 1. The molecule has 0 fully saturated rings. The summed E-state index contributed by atoms with van der Waals surface area (Å²) in [7, 11) is 1.66. The van der Waals surface area contributed by atoms with Crippen molar-refractivity contribution in [1.82, 2.24) is 4.90 Å². The maximum Gasteiger partial charge on any atom is 0.289 e. The Morgan fingerprint density at radius 1 is 1.60 bits per heavy atom. The molecule has 4 heteroatoms. The first kappa shape index (κ1) is 11.3. The maximum atomic E-state index is 11.7. The second kappa shape index (κ2) is 5.20. The van der Waals surface area contributed by atoms with Crippen LogP contribution in [0.3, 0.4) is 0 Å². The summed E-state index contributed by atoms with van der Waals surface area (Å²) in [5, 5.41) is 8.40. The minimum absolute atomic E-state index is 0.176. The fourth-order valence-corrected chi connectivity index (χ4v) is 1.19. The molecule has 0 N–H and O–H groups in total. The third kappa shape index (κ3) is 2.84. The third-order valence-corrected chi connectivity index (χ3v) is 2.13. The summed E-state index contributed by atoms with van der Waals surface area (Å²) in [4.78, 5) is 13.2. The lowest BCUT2D eigenvalue weighted by Crippen LogP contribution is -2.27. The number of hydrogen-bond donors (Lipinski definition) is 0. The fraction of sp³-hybridized carbons (Fsp3) is 0.455. The van der Waals surface area contributed by atoms with Gasteiger partial charge in [-0.25, -0.2) is 0 Å². The molecule has 0 unspecified atom stereocenters. The van der Waals surface area contributed by atoms with Crippen LogP contribution in [0.5, 0.6) is 0 Å². The number of rotatable bonds is 4. The molecular formula is C11H14N2O2. The molecule has 1 aromatic rings. The van der Waals surface area contributed by atoms with Gasteiger partial charge in [0.05, 0.1) is 12.5 Å². The Morgan fingerprint density at radius 3 is 2.87 bits per heavy atom. The minimum Gasteiger partial charge on any atom is -0.456 e. The molecule has 4 nitrogen and oxygen atoms in total. The van der Waals surface area contributed by atoms with Gasteiger partial charge in [0.25, 0.3) is 5.91 Å². The number of hydrogen-bond acceptors (Lipinski definition) is 3.